The highest BCUT2D eigenvalue weighted by molar-refractivity contribution is 4.82. The van der Waals surface area contributed by atoms with Crippen LogP contribution in [0, 0.1) is 22.5 Å². The highest BCUT2D eigenvalue weighted by Crippen LogP contribution is 2.16. The van der Waals surface area contributed by atoms with E-state index in [9.17, 15) is 10.1 Å². The number of hydrogen-bond acceptors (Lipinski definition) is 4. The predicted octanol–water partition coefficient (Wildman–Crippen LogP) is 1.49. The Bertz CT molecular complexity index is 249. The van der Waals surface area contributed by atoms with E-state index in [1.54, 1.807) is 6.92 Å². The molecule has 0 aromatic rings. The Morgan fingerprint density at radius 1 is 1.44 bits per heavy atom. The molecule has 5 heteroatoms. The molecule has 0 saturated heterocycles. The third-order valence-electron chi connectivity index (χ3n) is 2.20. The summed E-state index contributed by atoms with van der Waals surface area (Å²) in [6, 6.07) is 0. The van der Waals surface area contributed by atoms with Gasteiger partial charge in [0.15, 0.2) is 0 Å². The number of nitrogens with zero attached hydrogens (tertiary/aromatic N) is 1. The molecule has 0 rings (SSSR count). The van der Waals surface area contributed by atoms with Gasteiger partial charge >= 0.3 is 0 Å². The number of terminal acetylenes is 1. The Morgan fingerprint density at radius 2 is 2.06 bits per heavy atom. The lowest BCUT2D eigenvalue weighted by Gasteiger charge is -2.20. The van der Waals surface area contributed by atoms with Crippen LogP contribution < -0.4 is 0 Å². The fourth-order valence-corrected chi connectivity index (χ4v) is 1.30. The lowest BCUT2D eigenvalue weighted by Crippen LogP contribution is -2.40. The summed E-state index contributed by atoms with van der Waals surface area (Å²) >= 11 is 0. The number of hydrogen-bond donors (Lipinski definition) is 0. The first kappa shape index (κ1) is 14.9. The summed E-state index contributed by atoms with van der Waals surface area (Å²) in [5.74, 6) is 2.33. The van der Waals surface area contributed by atoms with Crippen molar-refractivity contribution in [3.05, 3.63) is 10.1 Å². The zero-order valence-electron chi connectivity index (χ0n) is 9.90. The minimum atomic E-state index is -0.999. The summed E-state index contributed by atoms with van der Waals surface area (Å²) in [6.07, 6.45) is 6.25. The highest BCUT2D eigenvalue weighted by Gasteiger charge is 2.36. The van der Waals surface area contributed by atoms with Gasteiger partial charge in [0.25, 0.3) is 0 Å². The molecule has 0 aromatic carbocycles. The topological polar surface area (TPSA) is 61.6 Å². The van der Waals surface area contributed by atoms with Gasteiger partial charge in [0.1, 0.15) is 13.2 Å². The Balaban J connectivity index is 3.78. The lowest BCUT2D eigenvalue weighted by atomic mass is 9.98. The zero-order chi connectivity index (χ0) is 12.4. The quantitative estimate of drug-likeness (QED) is 0.260. The van der Waals surface area contributed by atoms with Gasteiger partial charge in [-0.15, -0.1) is 6.42 Å². The van der Waals surface area contributed by atoms with Gasteiger partial charge < -0.3 is 9.47 Å². The molecule has 0 bridgehead atoms. The number of ether oxygens (including phenoxy) is 2. The standard InChI is InChI=1S/C11H19NO4/c1-4-6-11(3,12(13)14)10-16-9-8-15-7-5-2/h2H,4,6-10H2,1,3H3/t11-/m0/s1. The van der Waals surface area contributed by atoms with Gasteiger partial charge in [-0.1, -0.05) is 12.8 Å². The molecular weight excluding hydrogens is 210 g/mol. The molecule has 0 fully saturated rings. The summed E-state index contributed by atoms with van der Waals surface area (Å²) in [7, 11) is 0. The van der Waals surface area contributed by atoms with Crippen molar-refractivity contribution in [2.24, 2.45) is 0 Å². The largest absolute Gasteiger partial charge is 0.372 e. The lowest BCUT2D eigenvalue weighted by molar-refractivity contribution is -0.571. The number of nitro groups is 1. The molecule has 5 nitrogen and oxygen atoms in total. The van der Waals surface area contributed by atoms with Crippen LogP contribution in [0.25, 0.3) is 0 Å². The van der Waals surface area contributed by atoms with Gasteiger partial charge in [-0.05, 0) is 6.42 Å². The summed E-state index contributed by atoms with van der Waals surface area (Å²) in [5, 5.41) is 10.8. The molecule has 0 spiro atoms. The first-order valence-electron chi connectivity index (χ1n) is 5.30. The second-order valence-corrected chi connectivity index (χ2v) is 3.81. The SMILES string of the molecule is C#CCOCCOC[C@](C)(CCC)[N+](=O)[O-]. The average Bonchev–Trinajstić information content (AvgIpc) is 2.23. The van der Waals surface area contributed by atoms with Crippen molar-refractivity contribution in [1.82, 2.24) is 0 Å². The van der Waals surface area contributed by atoms with E-state index in [1.165, 1.54) is 0 Å². The smallest absolute Gasteiger partial charge is 0.242 e. The highest BCUT2D eigenvalue weighted by atomic mass is 16.6. The van der Waals surface area contributed by atoms with Crippen LogP contribution in [-0.2, 0) is 9.47 Å². The minimum absolute atomic E-state index is 0.104. The minimum Gasteiger partial charge on any atom is -0.372 e. The predicted molar refractivity (Wildman–Crippen MR) is 60.8 cm³/mol. The molecule has 0 aliphatic heterocycles. The van der Waals surface area contributed by atoms with E-state index in [0.717, 1.165) is 6.42 Å². The summed E-state index contributed by atoms with van der Waals surface area (Å²) in [6.45, 7) is 4.55. The first-order chi connectivity index (χ1) is 7.56. The van der Waals surface area contributed by atoms with Crippen molar-refractivity contribution in [3.63, 3.8) is 0 Å². The molecule has 0 radical (unpaired) electrons. The summed E-state index contributed by atoms with van der Waals surface area (Å²) < 4.78 is 10.2. The second kappa shape index (κ2) is 8.08. The van der Waals surface area contributed by atoms with Crippen molar-refractivity contribution >= 4 is 0 Å². The van der Waals surface area contributed by atoms with Crippen molar-refractivity contribution in [1.29, 1.82) is 0 Å². The fourth-order valence-electron chi connectivity index (χ4n) is 1.30. The van der Waals surface area contributed by atoms with E-state index in [4.69, 9.17) is 15.9 Å². The van der Waals surface area contributed by atoms with Crippen LogP contribution in [0.15, 0.2) is 0 Å². The van der Waals surface area contributed by atoms with E-state index >= 15 is 0 Å². The summed E-state index contributed by atoms with van der Waals surface area (Å²) in [4.78, 5) is 10.6. The molecule has 0 heterocycles. The van der Waals surface area contributed by atoms with E-state index in [-0.39, 0.29) is 18.1 Å². The molecular formula is C11H19NO4. The van der Waals surface area contributed by atoms with Crippen molar-refractivity contribution in [2.75, 3.05) is 26.4 Å². The molecule has 16 heavy (non-hydrogen) atoms. The van der Waals surface area contributed by atoms with Crippen LogP contribution in [0.5, 0.6) is 0 Å². The fraction of sp³-hybridized carbons (Fsp3) is 0.818. The molecule has 0 aliphatic carbocycles. The Labute approximate surface area is 96.3 Å². The molecule has 0 unspecified atom stereocenters. The molecule has 0 aliphatic rings. The van der Waals surface area contributed by atoms with E-state index < -0.39 is 5.54 Å². The van der Waals surface area contributed by atoms with Crippen LogP contribution in [0.2, 0.25) is 0 Å². The Kier molecular flexibility index (Phi) is 7.52. The van der Waals surface area contributed by atoms with Gasteiger partial charge in [-0.3, -0.25) is 10.1 Å². The Hall–Kier alpha value is -1.12. The first-order valence-corrected chi connectivity index (χ1v) is 5.30. The maximum Gasteiger partial charge on any atom is 0.242 e. The maximum atomic E-state index is 10.8. The van der Waals surface area contributed by atoms with Crippen LogP contribution >= 0.6 is 0 Å². The van der Waals surface area contributed by atoms with Crippen LogP contribution in [0.1, 0.15) is 26.7 Å². The van der Waals surface area contributed by atoms with Gasteiger partial charge in [0.2, 0.25) is 5.54 Å². The molecule has 0 N–H and O–H groups in total. The monoisotopic (exact) mass is 229 g/mol. The third-order valence-corrected chi connectivity index (χ3v) is 2.20. The molecule has 0 saturated carbocycles. The van der Waals surface area contributed by atoms with Gasteiger partial charge in [-0.25, -0.2) is 0 Å². The Morgan fingerprint density at radius 3 is 2.56 bits per heavy atom. The van der Waals surface area contributed by atoms with E-state index in [2.05, 4.69) is 5.92 Å². The average molecular weight is 229 g/mol. The van der Waals surface area contributed by atoms with Gasteiger partial charge in [0, 0.05) is 18.3 Å². The number of rotatable bonds is 9. The van der Waals surface area contributed by atoms with E-state index in [0.29, 0.717) is 19.6 Å². The van der Waals surface area contributed by atoms with Crippen LogP contribution in [-0.4, -0.2) is 36.9 Å². The van der Waals surface area contributed by atoms with Crippen molar-refractivity contribution in [3.8, 4) is 12.3 Å². The molecule has 1 atom stereocenters. The molecule has 92 valence electrons. The molecule has 0 amide bonds. The van der Waals surface area contributed by atoms with Crippen molar-refractivity contribution < 1.29 is 14.4 Å². The van der Waals surface area contributed by atoms with Crippen molar-refractivity contribution in [2.45, 2.75) is 32.2 Å². The second-order valence-electron chi connectivity index (χ2n) is 3.81. The summed E-state index contributed by atoms with van der Waals surface area (Å²) in [5.41, 5.74) is -0.999. The van der Waals surface area contributed by atoms with E-state index in [1.807, 2.05) is 6.92 Å². The van der Waals surface area contributed by atoms with Gasteiger partial charge in [0.05, 0.1) is 13.2 Å². The normalized spacial score (nSPS) is 14.1. The zero-order valence-corrected chi connectivity index (χ0v) is 9.90. The van der Waals surface area contributed by atoms with Crippen LogP contribution in [0.3, 0.4) is 0 Å². The van der Waals surface area contributed by atoms with Gasteiger partial charge in [-0.2, -0.15) is 0 Å². The maximum absolute atomic E-state index is 10.8. The molecule has 0 aromatic heterocycles. The van der Waals surface area contributed by atoms with Crippen LogP contribution in [0.4, 0.5) is 0 Å². The third kappa shape index (κ3) is 5.69.